The Morgan fingerprint density at radius 2 is 1.34 bits per heavy atom. The Kier molecular flexibility index (Phi) is 8.74. The van der Waals surface area contributed by atoms with Gasteiger partial charge in [-0.25, -0.2) is 19.6 Å². The van der Waals surface area contributed by atoms with Gasteiger partial charge >= 0.3 is 12.2 Å². The maximum Gasteiger partial charge on any atom is 0.410 e. The minimum absolute atomic E-state index is 0.0847. The molecule has 5 aromatic rings. The van der Waals surface area contributed by atoms with Gasteiger partial charge in [0, 0.05) is 52.6 Å². The molecule has 0 bridgehead atoms. The molecule has 2 amide bonds. The summed E-state index contributed by atoms with van der Waals surface area (Å²) >= 11 is 0. The van der Waals surface area contributed by atoms with E-state index in [9.17, 15) is 9.59 Å². The van der Waals surface area contributed by atoms with E-state index in [1.54, 1.807) is 9.80 Å². The van der Waals surface area contributed by atoms with Crippen molar-refractivity contribution in [2.75, 3.05) is 19.7 Å². The minimum atomic E-state index is -0.557. The van der Waals surface area contributed by atoms with E-state index in [2.05, 4.69) is 57.0 Å². The zero-order chi connectivity index (χ0) is 39.0. The maximum absolute atomic E-state index is 13.0. The largest absolute Gasteiger partial charge is 0.492 e. The Morgan fingerprint density at radius 1 is 0.768 bits per heavy atom. The van der Waals surface area contributed by atoms with Crippen molar-refractivity contribution >= 4 is 23.1 Å². The number of hydrogen-bond donors (Lipinski definition) is 2. The molecule has 1 spiro atoms. The highest BCUT2D eigenvalue weighted by Crippen LogP contribution is 2.48. The summed E-state index contributed by atoms with van der Waals surface area (Å²) in [5.74, 6) is 2.41. The molecule has 294 valence electrons. The van der Waals surface area contributed by atoms with Crippen LogP contribution >= 0.6 is 0 Å². The number of benzene rings is 2. The lowest BCUT2D eigenvalue weighted by Gasteiger charge is -2.43. The summed E-state index contributed by atoms with van der Waals surface area (Å²) in [6.07, 6.45) is 10.1. The van der Waals surface area contributed by atoms with Crippen LogP contribution in [0.4, 0.5) is 9.59 Å². The van der Waals surface area contributed by atoms with E-state index >= 15 is 0 Å². The summed E-state index contributed by atoms with van der Waals surface area (Å²) < 4.78 is 20.6. The number of H-pyrrole nitrogens is 2. The van der Waals surface area contributed by atoms with Crippen LogP contribution in [-0.4, -0.2) is 77.4 Å². The molecule has 12 nitrogen and oxygen atoms in total. The van der Waals surface area contributed by atoms with Gasteiger partial charge in [-0.15, -0.1) is 0 Å². The number of fused-ring (bicyclic) bond motifs is 5. The Bertz CT molecular complexity index is 2300. The number of carbonyl (C=O) groups is 2. The highest BCUT2D eigenvalue weighted by molar-refractivity contribution is 5.91. The van der Waals surface area contributed by atoms with E-state index in [4.69, 9.17) is 24.2 Å². The lowest BCUT2D eigenvalue weighted by Crippen LogP contribution is -2.40. The molecule has 2 aromatic carbocycles. The Balaban J connectivity index is 1.01. The number of imidazole rings is 2. The van der Waals surface area contributed by atoms with Crippen LogP contribution in [0.25, 0.3) is 44.7 Å². The molecule has 3 aliphatic heterocycles. The lowest BCUT2D eigenvalue weighted by atomic mass is 9.69. The first-order chi connectivity index (χ1) is 26.7. The van der Waals surface area contributed by atoms with Gasteiger partial charge in [-0.1, -0.05) is 18.6 Å². The van der Waals surface area contributed by atoms with Crippen LogP contribution in [0.1, 0.15) is 110 Å². The molecule has 9 rings (SSSR count). The summed E-state index contributed by atoms with van der Waals surface area (Å²) in [7, 11) is 0. The van der Waals surface area contributed by atoms with Crippen LogP contribution in [0, 0.1) is 5.41 Å². The van der Waals surface area contributed by atoms with E-state index in [1.807, 2.05) is 53.9 Å². The molecule has 1 aliphatic carbocycles. The number of carbonyl (C=O) groups excluding carboxylic acids is 2. The van der Waals surface area contributed by atoms with Gasteiger partial charge in [-0.3, -0.25) is 9.80 Å². The second-order valence-electron chi connectivity index (χ2n) is 18.3. The molecular formula is C44H53N7O5. The van der Waals surface area contributed by atoms with Crippen LogP contribution < -0.4 is 4.74 Å². The number of nitrogens with zero attached hydrogens (tertiary/aromatic N) is 5. The first-order valence-electron chi connectivity index (χ1n) is 20.2. The predicted molar refractivity (Wildman–Crippen MR) is 214 cm³/mol. The number of aromatic nitrogens is 5. The van der Waals surface area contributed by atoms with E-state index < -0.39 is 11.2 Å². The summed E-state index contributed by atoms with van der Waals surface area (Å²) in [6, 6.07) is 15.1. The average Bonchev–Trinajstić information content (AvgIpc) is 3.96. The van der Waals surface area contributed by atoms with Crippen LogP contribution in [0.3, 0.4) is 0 Å². The fraction of sp³-hybridized carbons (Fsp3) is 0.500. The summed E-state index contributed by atoms with van der Waals surface area (Å²) in [5.41, 5.74) is 6.21. The number of nitrogens with one attached hydrogen (secondary N) is 2. The van der Waals surface area contributed by atoms with Gasteiger partial charge in [0.1, 0.15) is 28.6 Å². The highest BCUT2D eigenvalue weighted by Gasteiger charge is 2.41. The predicted octanol–water partition coefficient (Wildman–Crippen LogP) is 9.80. The average molecular weight is 760 g/mol. The molecule has 6 heterocycles. The van der Waals surface area contributed by atoms with Crippen molar-refractivity contribution in [3.63, 3.8) is 0 Å². The molecule has 12 heteroatoms. The van der Waals surface area contributed by atoms with E-state index in [-0.39, 0.29) is 29.7 Å². The van der Waals surface area contributed by atoms with Crippen LogP contribution in [0.2, 0.25) is 0 Å². The second kappa shape index (κ2) is 13.4. The topological polar surface area (TPSA) is 131 Å². The number of amides is 2. The van der Waals surface area contributed by atoms with Gasteiger partial charge in [0.2, 0.25) is 0 Å². The van der Waals surface area contributed by atoms with Crippen molar-refractivity contribution in [1.29, 1.82) is 0 Å². The second-order valence-corrected chi connectivity index (χ2v) is 18.3. The van der Waals surface area contributed by atoms with E-state index in [0.717, 1.165) is 102 Å². The molecule has 56 heavy (non-hydrogen) atoms. The van der Waals surface area contributed by atoms with Crippen LogP contribution in [-0.2, 0) is 16.0 Å². The number of hydrogen-bond acceptors (Lipinski definition) is 7. The summed E-state index contributed by atoms with van der Waals surface area (Å²) in [6.45, 7) is 14.2. The first-order valence-corrected chi connectivity index (χ1v) is 20.2. The number of rotatable bonds is 4. The van der Waals surface area contributed by atoms with E-state index in [1.165, 1.54) is 11.9 Å². The maximum atomic E-state index is 13.0. The molecule has 2 atom stereocenters. The molecule has 3 fully saturated rings. The lowest BCUT2D eigenvalue weighted by molar-refractivity contribution is 0.0208. The Hall–Kier alpha value is -5.26. The smallest absolute Gasteiger partial charge is 0.410 e. The first kappa shape index (κ1) is 36.4. The third kappa shape index (κ3) is 6.81. The highest BCUT2D eigenvalue weighted by atomic mass is 16.6. The Morgan fingerprint density at radius 3 is 1.89 bits per heavy atom. The van der Waals surface area contributed by atoms with Crippen molar-refractivity contribution in [2.45, 2.75) is 116 Å². The monoisotopic (exact) mass is 759 g/mol. The van der Waals surface area contributed by atoms with Gasteiger partial charge in [-0.05, 0) is 110 Å². The van der Waals surface area contributed by atoms with Crippen LogP contribution in [0.15, 0.2) is 54.9 Å². The number of likely N-dealkylation sites (tertiary alicyclic amines) is 2. The SMILES string of the molecule is CC(C)(C)OC(=O)N1CCCC1c1ncc(-c2ccc3c(c2)OCC2(CCC2)Cn2c-3cc3cc(-c4cnc([C@H]5CCCN5C(=O)OC(C)(C)C)[nH]4)ccc32)[nH]1. The molecule has 1 saturated carbocycles. The Labute approximate surface area is 327 Å². The minimum Gasteiger partial charge on any atom is -0.492 e. The fourth-order valence-corrected chi connectivity index (χ4v) is 8.93. The molecule has 2 saturated heterocycles. The third-order valence-electron chi connectivity index (χ3n) is 11.8. The summed E-state index contributed by atoms with van der Waals surface area (Å²) in [4.78, 5) is 46.2. The normalized spacial score (nSPS) is 20.6. The van der Waals surface area contributed by atoms with Crippen molar-refractivity contribution < 1.29 is 23.8 Å². The van der Waals surface area contributed by atoms with Gasteiger partial charge < -0.3 is 28.7 Å². The standard InChI is InChI=1S/C44H53N7O5/c1-42(2,3)55-40(52)49-18-7-10-34(49)38-45-23-31(47-38)27-13-15-33-29(20-27)21-36-30-14-12-28(22-37(30)54-26-44(16-9-17-44)25-51(33)36)32-24-46-39(48-32)35-11-8-19-50(35)41(53)56-43(4,5)6/h12-15,20-24,34-35H,7-11,16-19,25-26H2,1-6H3,(H,45,47)(H,46,48)/t34-,35?/m1/s1. The van der Waals surface area contributed by atoms with Gasteiger partial charge in [0.25, 0.3) is 0 Å². The molecule has 0 radical (unpaired) electrons. The number of ether oxygens (including phenoxy) is 3. The molecule has 3 aromatic heterocycles. The quantitative estimate of drug-likeness (QED) is 0.187. The fourth-order valence-electron chi connectivity index (χ4n) is 8.93. The van der Waals surface area contributed by atoms with Crippen molar-refractivity contribution in [3.05, 3.63) is 66.5 Å². The molecule has 4 aliphatic rings. The van der Waals surface area contributed by atoms with E-state index in [0.29, 0.717) is 19.7 Å². The zero-order valence-corrected chi connectivity index (χ0v) is 33.4. The van der Waals surface area contributed by atoms with Gasteiger partial charge in [-0.2, -0.15) is 0 Å². The molecule has 2 N–H and O–H groups in total. The summed E-state index contributed by atoms with van der Waals surface area (Å²) in [5, 5.41) is 1.15. The van der Waals surface area contributed by atoms with Gasteiger partial charge in [0.05, 0.1) is 48.2 Å². The van der Waals surface area contributed by atoms with Crippen molar-refractivity contribution in [1.82, 2.24) is 34.3 Å². The van der Waals surface area contributed by atoms with Gasteiger partial charge in [0.15, 0.2) is 0 Å². The van der Waals surface area contributed by atoms with Crippen molar-refractivity contribution in [2.24, 2.45) is 5.41 Å². The van der Waals surface area contributed by atoms with Crippen LogP contribution in [0.5, 0.6) is 5.75 Å². The number of aromatic amines is 2. The van der Waals surface area contributed by atoms with Crippen molar-refractivity contribution in [3.8, 4) is 39.5 Å². The molecule has 1 unspecified atom stereocenters. The third-order valence-corrected chi connectivity index (χ3v) is 11.8. The molecular weight excluding hydrogens is 707 g/mol. The zero-order valence-electron chi connectivity index (χ0n) is 33.4.